The van der Waals surface area contributed by atoms with Crippen molar-refractivity contribution in [2.24, 2.45) is 5.10 Å². The molecule has 0 atom stereocenters. The molecule has 10 heteroatoms. The lowest BCUT2D eigenvalue weighted by Crippen LogP contribution is -2.23. The maximum atomic E-state index is 13.2. The fourth-order valence-electron chi connectivity index (χ4n) is 3.47. The number of halogens is 3. The molecule has 0 unspecified atom stereocenters. The lowest BCUT2D eigenvalue weighted by atomic mass is 10.1. The predicted molar refractivity (Wildman–Crippen MR) is 145 cm³/mol. The zero-order valence-electron chi connectivity index (χ0n) is 19.2. The van der Waals surface area contributed by atoms with E-state index in [1.54, 1.807) is 36.4 Å². The number of aromatic carboxylic acids is 1. The number of rotatable bonds is 7. The van der Waals surface area contributed by atoms with Crippen LogP contribution in [-0.4, -0.2) is 27.0 Å². The Morgan fingerprint density at radius 1 is 1.14 bits per heavy atom. The Labute approximate surface area is 225 Å². The molecule has 1 aromatic heterocycles. The number of aromatic nitrogens is 2. The molecule has 0 aliphatic carbocycles. The quantitative estimate of drug-likeness (QED) is 0.241. The molecule has 0 spiro atoms. The minimum atomic E-state index is -0.999. The molecule has 0 bridgehead atoms. The molecule has 1 N–H and O–H groups in total. The second-order valence-electron chi connectivity index (χ2n) is 8.25. The maximum absolute atomic E-state index is 13.2. The molecule has 0 radical (unpaired) electrons. The molecule has 1 heterocycles. The van der Waals surface area contributed by atoms with Gasteiger partial charge in [-0.1, -0.05) is 65.1 Å². The minimum Gasteiger partial charge on any atom is -0.486 e. The van der Waals surface area contributed by atoms with Gasteiger partial charge in [-0.3, -0.25) is 4.79 Å². The summed E-state index contributed by atoms with van der Waals surface area (Å²) in [5.74, 6) is -0.233. The van der Waals surface area contributed by atoms with E-state index in [0.717, 1.165) is 10.0 Å². The van der Waals surface area contributed by atoms with Crippen LogP contribution >= 0.6 is 39.1 Å². The number of nitrogens with zero attached hydrogens (tertiary/aromatic N) is 3. The van der Waals surface area contributed by atoms with E-state index in [4.69, 9.17) is 33.0 Å². The average Bonchev–Trinajstić information content (AvgIpc) is 2.83. The normalized spacial score (nSPS) is 11.5. The number of carboxylic acids is 1. The zero-order chi connectivity index (χ0) is 26.0. The van der Waals surface area contributed by atoms with Gasteiger partial charge in [0.25, 0.3) is 5.56 Å². The summed E-state index contributed by atoms with van der Waals surface area (Å²) >= 11 is 16.2. The summed E-state index contributed by atoms with van der Waals surface area (Å²) in [5.41, 5.74) is 1.83. The summed E-state index contributed by atoms with van der Waals surface area (Å²) in [4.78, 5) is 28.8. The summed E-state index contributed by atoms with van der Waals surface area (Å²) in [6.07, 6.45) is 1.49. The molecule has 0 fully saturated rings. The van der Waals surface area contributed by atoms with Crippen LogP contribution in [-0.2, 0) is 6.61 Å². The highest BCUT2D eigenvalue weighted by Gasteiger charge is 2.15. The van der Waals surface area contributed by atoms with Crippen LogP contribution < -0.4 is 10.3 Å². The van der Waals surface area contributed by atoms with Crippen molar-refractivity contribution in [3.63, 3.8) is 0 Å². The molecule has 0 amide bonds. The topological polar surface area (TPSA) is 93.8 Å². The molecule has 0 saturated heterocycles. The molecular weight excluding hydrogens is 569 g/mol. The maximum Gasteiger partial charge on any atom is 0.335 e. The van der Waals surface area contributed by atoms with E-state index < -0.39 is 5.97 Å². The Hall–Kier alpha value is -3.20. The molecule has 4 aromatic rings. The third-order valence-electron chi connectivity index (χ3n) is 5.28. The van der Waals surface area contributed by atoms with Gasteiger partial charge in [0.15, 0.2) is 5.75 Å². The summed E-state index contributed by atoms with van der Waals surface area (Å²) in [5, 5.41) is 14.4. The Balaban J connectivity index is 1.61. The van der Waals surface area contributed by atoms with Gasteiger partial charge in [-0.2, -0.15) is 9.78 Å². The van der Waals surface area contributed by atoms with E-state index in [1.165, 1.54) is 23.0 Å². The van der Waals surface area contributed by atoms with Crippen LogP contribution in [0.15, 0.2) is 69.0 Å². The third-order valence-corrected chi connectivity index (χ3v) is 6.33. The molecule has 0 saturated carbocycles. The minimum absolute atomic E-state index is 0.0459. The molecular formula is C26H20BrCl2N3O4. The summed E-state index contributed by atoms with van der Waals surface area (Å²) in [6.45, 7) is 4.03. The van der Waals surface area contributed by atoms with Crippen molar-refractivity contribution in [3.05, 3.63) is 102 Å². The van der Waals surface area contributed by atoms with Crippen LogP contribution in [0.1, 0.15) is 47.1 Å². The lowest BCUT2D eigenvalue weighted by Gasteiger charge is -2.13. The second-order valence-corrected chi connectivity index (χ2v) is 9.98. The number of benzene rings is 3. The van der Waals surface area contributed by atoms with Gasteiger partial charge >= 0.3 is 5.97 Å². The molecule has 7 nitrogen and oxygen atoms in total. The van der Waals surface area contributed by atoms with Crippen molar-refractivity contribution >= 4 is 62.2 Å². The number of carbonyl (C=O) groups is 1. The van der Waals surface area contributed by atoms with Gasteiger partial charge in [0, 0.05) is 10.4 Å². The van der Waals surface area contributed by atoms with Crippen molar-refractivity contribution in [1.29, 1.82) is 0 Å². The Morgan fingerprint density at radius 3 is 2.42 bits per heavy atom. The van der Waals surface area contributed by atoms with Crippen LogP contribution in [0.4, 0.5) is 0 Å². The zero-order valence-corrected chi connectivity index (χ0v) is 22.3. The van der Waals surface area contributed by atoms with Gasteiger partial charge in [0.1, 0.15) is 12.4 Å². The lowest BCUT2D eigenvalue weighted by molar-refractivity contribution is 0.0697. The average molecular weight is 589 g/mol. The van der Waals surface area contributed by atoms with Gasteiger partial charge in [-0.05, 0) is 53.6 Å². The first-order chi connectivity index (χ1) is 17.1. The monoisotopic (exact) mass is 587 g/mol. The van der Waals surface area contributed by atoms with Crippen molar-refractivity contribution in [3.8, 4) is 5.75 Å². The van der Waals surface area contributed by atoms with Crippen molar-refractivity contribution < 1.29 is 14.6 Å². The summed E-state index contributed by atoms with van der Waals surface area (Å²) in [7, 11) is 0. The van der Waals surface area contributed by atoms with E-state index in [-0.39, 0.29) is 39.4 Å². The fraction of sp³-hybridized carbons (Fsp3) is 0.154. The molecule has 0 aliphatic heterocycles. The number of ether oxygens (including phenoxy) is 1. The van der Waals surface area contributed by atoms with Crippen LogP contribution in [0.2, 0.25) is 10.0 Å². The highest BCUT2D eigenvalue weighted by Crippen LogP contribution is 2.34. The van der Waals surface area contributed by atoms with Gasteiger partial charge in [0.05, 0.1) is 32.7 Å². The van der Waals surface area contributed by atoms with E-state index in [9.17, 15) is 9.59 Å². The van der Waals surface area contributed by atoms with Crippen LogP contribution in [0.25, 0.3) is 10.9 Å². The fourth-order valence-corrected chi connectivity index (χ4v) is 4.44. The Kier molecular flexibility index (Phi) is 7.78. The SMILES string of the molecule is CC(C)c1nc2ccc(Br)cc2c(=O)n1N=Cc1cc(Cl)c(OCc2ccc(C(=O)O)cc2)c(Cl)c1. The number of hydrogen-bond acceptors (Lipinski definition) is 5. The largest absolute Gasteiger partial charge is 0.486 e. The highest BCUT2D eigenvalue weighted by atomic mass is 79.9. The number of carboxylic acid groups (broad SMARTS) is 1. The van der Waals surface area contributed by atoms with E-state index in [0.29, 0.717) is 22.3 Å². The van der Waals surface area contributed by atoms with E-state index in [2.05, 4.69) is 26.0 Å². The molecule has 36 heavy (non-hydrogen) atoms. The van der Waals surface area contributed by atoms with E-state index >= 15 is 0 Å². The standard InChI is InChI=1S/C26H20BrCl2N3O4/c1-14(2)24-31-22-8-7-18(27)11-19(22)25(33)32(24)30-12-16-9-20(28)23(21(29)10-16)36-13-15-3-5-17(6-4-15)26(34)35/h3-12,14H,13H2,1-2H3,(H,34,35). The number of fused-ring (bicyclic) bond motifs is 1. The van der Waals surface area contributed by atoms with Gasteiger partial charge in [-0.25, -0.2) is 9.78 Å². The predicted octanol–water partition coefficient (Wildman–Crippen LogP) is 6.75. The number of hydrogen-bond donors (Lipinski definition) is 1. The van der Waals surface area contributed by atoms with Crippen molar-refractivity contribution in [1.82, 2.24) is 9.66 Å². The highest BCUT2D eigenvalue weighted by molar-refractivity contribution is 9.10. The van der Waals surface area contributed by atoms with Gasteiger partial charge in [0.2, 0.25) is 0 Å². The third kappa shape index (κ3) is 5.61. The van der Waals surface area contributed by atoms with Crippen LogP contribution in [0.3, 0.4) is 0 Å². The molecule has 0 aliphatic rings. The molecule has 184 valence electrons. The second kappa shape index (κ2) is 10.8. The Bertz CT molecular complexity index is 1530. The first-order valence-corrected chi connectivity index (χ1v) is 12.4. The van der Waals surface area contributed by atoms with E-state index in [1.807, 2.05) is 19.9 Å². The van der Waals surface area contributed by atoms with Crippen LogP contribution in [0, 0.1) is 0 Å². The smallest absolute Gasteiger partial charge is 0.335 e. The van der Waals surface area contributed by atoms with Crippen LogP contribution in [0.5, 0.6) is 5.75 Å². The van der Waals surface area contributed by atoms with Crippen molar-refractivity contribution in [2.45, 2.75) is 26.4 Å². The van der Waals surface area contributed by atoms with Crippen molar-refractivity contribution in [2.75, 3.05) is 0 Å². The summed E-state index contributed by atoms with van der Waals surface area (Å²) in [6, 6.07) is 14.9. The molecule has 3 aromatic carbocycles. The summed E-state index contributed by atoms with van der Waals surface area (Å²) < 4.78 is 7.83. The Morgan fingerprint density at radius 2 is 1.81 bits per heavy atom. The first-order valence-electron chi connectivity index (χ1n) is 10.8. The first kappa shape index (κ1) is 25.9. The molecule has 4 rings (SSSR count). The van der Waals surface area contributed by atoms with Gasteiger partial charge in [-0.15, -0.1) is 0 Å². The van der Waals surface area contributed by atoms with Gasteiger partial charge < -0.3 is 9.84 Å².